The van der Waals surface area contributed by atoms with Gasteiger partial charge < -0.3 is 15.0 Å². The molecule has 5 rings (SSSR count). The Morgan fingerprint density at radius 2 is 1.83 bits per heavy atom. The number of aryl methyl sites for hydroxylation is 2. The van der Waals surface area contributed by atoms with E-state index in [1.54, 1.807) is 7.11 Å². The number of pyridine rings is 1. The quantitative estimate of drug-likeness (QED) is 0.431. The Bertz CT molecular complexity index is 1360. The maximum atomic E-state index is 12.9. The first-order valence-corrected chi connectivity index (χ1v) is 12.4. The molecule has 1 aliphatic heterocycles. The average molecular weight is 485 g/mol. The first-order valence-electron chi connectivity index (χ1n) is 12.4. The van der Waals surface area contributed by atoms with Crippen LogP contribution < -0.4 is 10.1 Å². The van der Waals surface area contributed by atoms with Gasteiger partial charge in [-0.2, -0.15) is 0 Å². The second kappa shape index (κ2) is 10.4. The van der Waals surface area contributed by atoms with Crippen LogP contribution in [0.1, 0.15) is 23.9 Å². The summed E-state index contributed by atoms with van der Waals surface area (Å²) in [5.74, 6) is 1.61. The third-order valence-electron chi connectivity index (χ3n) is 6.71. The van der Waals surface area contributed by atoms with Crippen molar-refractivity contribution >= 4 is 22.9 Å². The average Bonchev–Trinajstić information content (AvgIpc) is 3.27. The Hall–Kier alpha value is -3.91. The van der Waals surface area contributed by atoms with Crippen LogP contribution >= 0.6 is 0 Å². The standard InChI is InChI=1S/C28H32N6O2/c1-4-21-8-10-22(11-9-21)34-26(30-23-6-5-13-29-27(23)34)19-32-14-16-33(17-15-32)28(35)31-24-18-20(2)7-12-25(24)36-3/h5-13,18H,4,14-17,19H2,1-3H3,(H,31,35). The third kappa shape index (κ3) is 4.90. The van der Waals surface area contributed by atoms with Crippen LogP contribution in [-0.2, 0) is 13.0 Å². The van der Waals surface area contributed by atoms with Crippen LogP contribution in [0.25, 0.3) is 16.9 Å². The van der Waals surface area contributed by atoms with Crippen LogP contribution in [0, 0.1) is 6.92 Å². The van der Waals surface area contributed by atoms with Crippen LogP contribution in [0.15, 0.2) is 60.8 Å². The Labute approximate surface area is 211 Å². The van der Waals surface area contributed by atoms with Gasteiger partial charge in [0.25, 0.3) is 0 Å². The highest BCUT2D eigenvalue weighted by molar-refractivity contribution is 5.91. The van der Waals surface area contributed by atoms with Gasteiger partial charge in [0, 0.05) is 38.1 Å². The number of hydrogen-bond donors (Lipinski definition) is 1. The number of ether oxygens (including phenoxy) is 1. The second-order valence-electron chi connectivity index (χ2n) is 9.13. The van der Waals surface area contributed by atoms with Gasteiger partial charge in [0.2, 0.25) is 0 Å². The van der Waals surface area contributed by atoms with Gasteiger partial charge in [-0.3, -0.25) is 9.47 Å². The zero-order valence-corrected chi connectivity index (χ0v) is 21.1. The summed E-state index contributed by atoms with van der Waals surface area (Å²) in [6.45, 7) is 7.66. The molecule has 0 radical (unpaired) electrons. The largest absolute Gasteiger partial charge is 0.495 e. The maximum Gasteiger partial charge on any atom is 0.322 e. The zero-order chi connectivity index (χ0) is 25.1. The van der Waals surface area contributed by atoms with Gasteiger partial charge in [0.1, 0.15) is 17.1 Å². The molecule has 1 fully saturated rings. The first kappa shape index (κ1) is 23.8. The summed E-state index contributed by atoms with van der Waals surface area (Å²) in [4.78, 5) is 26.7. The Morgan fingerprint density at radius 3 is 2.56 bits per heavy atom. The third-order valence-corrected chi connectivity index (χ3v) is 6.71. The summed E-state index contributed by atoms with van der Waals surface area (Å²) >= 11 is 0. The van der Waals surface area contributed by atoms with Crippen molar-refractivity contribution in [1.82, 2.24) is 24.3 Å². The number of fused-ring (bicyclic) bond motifs is 1. The molecule has 0 bridgehead atoms. The smallest absolute Gasteiger partial charge is 0.322 e. The molecule has 36 heavy (non-hydrogen) atoms. The minimum Gasteiger partial charge on any atom is -0.495 e. The molecule has 3 heterocycles. The van der Waals surface area contributed by atoms with Gasteiger partial charge >= 0.3 is 6.03 Å². The lowest BCUT2D eigenvalue weighted by Crippen LogP contribution is -2.49. The molecule has 0 saturated carbocycles. The topological polar surface area (TPSA) is 75.5 Å². The summed E-state index contributed by atoms with van der Waals surface area (Å²) in [7, 11) is 1.61. The molecule has 0 aliphatic carbocycles. The second-order valence-corrected chi connectivity index (χ2v) is 9.13. The normalized spacial score (nSPS) is 14.2. The maximum absolute atomic E-state index is 12.9. The minimum atomic E-state index is -0.106. The molecule has 4 aromatic rings. The lowest BCUT2D eigenvalue weighted by molar-refractivity contribution is 0.140. The fourth-order valence-electron chi connectivity index (χ4n) is 4.64. The van der Waals surface area contributed by atoms with Crippen LogP contribution in [0.4, 0.5) is 10.5 Å². The van der Waals surface area contributed by atoms with Gasteiger partial charge in [0.05, 0.1) is 19.3 Å². The Kier molecular flexibility index (Phi) is 6.86. The van der Waals surface area contributed by atoms with Crippen molar-refractivity contribution in [3.63, 3.8) is 0 Å². The molecule has 8 nitrogen and oxygen atoms in total. The molecular weight excluding hydrogens is 452 g/mol. The van der Waals surface area contributed by atoms with Crippen molar-refractivity contribution in [3.8, 4) is 11.4 Å². The number of imidazole rings is 1. The van der Waals surface area contributed by atoms with Crippen molar-refractivity contribution in [1.29, 1.82) is 0 Å². The van der Waals surface area contributed by atoms with E-state index in [2.05, 4.69) is 51.0 Å². The van der Waals surface area contributed by atoms with Crippen molar-refractivity contribution < 1.29 is 9.53 Å². The number of carbonyl (C=O) groups excluding carboxylic acids is 1. The summed E-state index contributed by atoms with van der Waals surface area (Å²) in [5, 5.41) is 3.01. The predicted octanol–water partition coefficient (Wildman–Crippen LogP) is 4.65. The number of urea groups is 1. The molecule has 0 atom stereocenters. The van der Waals surface area contributed by atoms with Crippen LogP contribution in [0.5, 0.6) is 5.75 Å². The number of carbonyl (C=O) groups is 1. The van der Waals surface area contributed by atoms with E-state index >= 15 is 0 Å². The Morgan fingerprint density at radius 1 is 1.06 bits per heavy atom. The molecule has 2 aromatic carbocycles. The van der Waals surface area contributed by atoms with Crippen molar-refractivity contribution in [3.05, 3.63) is 77.7 Å². The number of piperazine rings is 1. The summed E-state index contributed by atoms with van der Waals surface area (Å²) in [6, 6.07) is 18.2. The van der Waals surface area contributed by atoms with Crippen LogP contribution in [-0.4, -0.2) is 63.7 Å². The van der Waals surface area contributed by atoms with Crippen molar-refractivity contribution in [2.45, 2.75) is 26.8 Å². The summed E-state index contributed by atoms with van der Waals surface area (Å²) < 4.78 is 7.55. The highest BCUT2D eigenvalue weighted by Gasteiger charge is 2.24. The van der Waals surface area contributed by atoms with Gasteiger partial charge in [-0.05, 0) is 60.9 Å². The van der Waals surface area contributed by atoms with Crippen LogP contribution in [0.3, 0.4) is 0 Å². The fourth-order valence-corrected chi connectivity index (χ4v) is 4.64. The molecule has 8 heteroatoms. The Balaban J connectivity index is 1.29. The monoisotopic (exact) mass is 484 g/mol. The van der Waals surface area contributed by atoms with Gasteiger partial charge in [-0.15, -0.1) is 0 Å². The fraction of sp³-hybridized carbons (Fsp3) is 0.321. The van der Waals surface area contributed by atoms with E-state index in [4.69, 9.17) is 9.72 Å². The number of benzene rings is 2. The van der Waals surface area contributed by atoms with E-state index in [9.17, 15) is 4.79 Å². The van der Waals surface area contributed by atoms with Crippen molar-refractivity contribution in [2.75, 3.05) is 38.6 Å². The van der Waals surface area contributed by atoms with E-state index < -0.39 is 0 Å². The molecule has 1 saturated heterocycles. The number of rotatable bonds is 6. The van der Waals surface area contributed by atoms with E-state index in [1.807, 2.05) is 48.4 Å². The molecular formula is C28H32N6O2. The first-order chi connectivity index (χ1) is 17.6. The summed E-state index contributed by atoms with van der Waals surface area (Å²) in [6.07, 6.45) is 2.82. The van der Waals surface area contributed by atoms with Crippen LogP contribution in [0.2, 0.25) is 0 Å². The number of nitrogens with one attached hydrogen (secondary N) is 1. The zero-order valence-electron chi connectivity index (χ0n) is 21.1. The van der Waals surface area contributed by atoms with Gasteiger partial charge in [-0.25, -0.2) is 14.8 Å². The molecule has 0 spiro atoms. The number of aromatic nitrogens is 3. The SMILES string of the molecule is CCc1ccc(-n2c(CN3CCN(C(=O)Nc4cc(C)ccc4OC)CC3)nc3cccnc32)cc1. The highest BCUT2D eigenvalue weighted by atomic mass is 16.5. The van der Waals surface area contributed by atoms with E-state index in [1.165, 1.54) is 5.56 Å². The van der Waals surface area contributed by atoms with E-state index in [-0.39, 0.29) is 6.03 Å². The van der Waals surface area contributed by atoms with Gasteiger partial charge in [0.15, 0.2) is 5.65 Å². The highest BCUT2D eigenvalue weighted by Crippen LogP contribution is 2.26. The lowest BCUT2D eigenvalue weighted by atomic mass is 10.1. The number of nitrogens with zero attached hydrogens (tertiary/aromatic N) is 5. The molecule has 0 unspecified atom stereocenters. The van der Waals surface area contributed by atoms with E-state index in [0.29, 0.717) is 31.1 Å². The molecule has 2 aromatic heterocycles. The molecule has 186 valence electrons. The number of amides is 2. The summed E-state index contributed by atoms with van der Waals surface area (Å²) in [5.41, 5.74) is 5.88. The number of anilines is 1. The number of hydrogen-bond acceptors (Lipinski definition) is 5. The lowest BCUT2D eigenvalue weighted by Gasteiger charge is -2.34. The van der Waals surface area contributed by atoms with Gasteiger partial charge in [-0.1, -0.05) is 25.1 Å². The predicted molar refractivity (Wildman–Crippen MR) is 142 cm³/mol. The molecule has 2 amide bonds. The van der Waals surface area contributed by atoms with Crippen molar-refractivity contribution in [2.24, 2.45) is 0 Å². The van der Waals surface area contributed by atoms with E-state index in [0.717, 1.165) is 47.7 Å². The molecule has 1 aliphatic rings. The molecule has 1 N–H and O–H groups in total. The minimum absolute atomic E-state index is 0.106. The number of methoxy groups -OCH3 is 1.